The summed E-state index contributed by atoms with van der Waals surface area (Å²) in [4.78, 5) is 41.6. The number of imide groups is 1. The first-order valence-corrected chi connectivity index (χ1v) is 9.34. The number of halogens is 2. The van der Waals surface area contributed by atoms with Crippen molar-refractivity contribution in [3.05, 3.63) is 57.5 Å². The molecule has 4 rings (SSSR count). The molecule has 0 saturated carbocycles. The van der Waals surface area contributed by atoms with Gasteiger partial charge in [0.05, 0.1) is 23.5 Å². The van der Waals surface area contributed by atoms with E-state index in [1.54, 1.807) is 5.38 Å². The van der Waals surface area contributed by atoms with Crippen LogP contribution >= 0.6 is 22.9 Å². The predicted molar refractivity (Wildman–Crippen MR) is 99.1 cm³/mol. The minimum atomic E-state index is -1.52. The van der Waals surface area contributed by atoms with Crippen molar-refractivity contribution >= 4 is 40.8 Å². The first-order valence-electron chi connectivity index (χ1n) is 8.08. The number of benzene rings is 1. The number of aromatic nitrogens is 4. The molecule has 4 amide bonds. The van der Waals surface area contributed by atoms with Gasteiger partial charge < -0.3 is 10.6 Å². The van der Waals surface area contributed by atoms with Gasteiger partial charge in [-0.25, -0.2) is 14.2 Å². The highest BCUT2D eigenvalue weighted by atomic mass is 35.5. The van der Waals surface area contributed by atoms with Crippen LogP contribution in [0.25, 0.3) is 5.69 Å². The van der Waals surface area contributed by atoms with Crippen LogP contribution < -0.4 is 16.0 Å². The van der Waals surface area contributed by atoms with Crippen LogP contribution in [0.15, 0.2) is 36.0 Å². The summed E-state index contributed by atoms with van der Waals surface area (Å²) in [5.74, 6) is -1.92. The van der Waals surface area contributed by atoms with E-state index in [1.807, 2.05) is 0 Å². The van der Waals surface area contributed by atoms with E-state index in [-0.39, 0.29) is 22.9 Å². The second-order valence-corrected chi connectivity index (χ2v) is 7.25. The Hall–Kier alpha value is -3.38. The van der Waals surface area contributed by atoms with Crippen molar-refractivity contribution in [3.63, 3.8) is 0 Å². The highest BCUT2D eigenvalue weighted by Gasteiger charge is 2.50. The van der Waals surface area contributed by atoms with Crippen LogP contribution in [-0.2, 0) is 10.3 Å². The molecule has 1 fully saturated rings. The Balaban J connectivity index is 1.52. The quantitative estimate of drug-likeness (QED) is 0.512. The molecule has 13 heteroatoms. The Morgan fingerprint density at radius 3 is 2.86 bits per heavy atom. The van der Waals surface area contributed by atoms with E-state index in [2.05, 4.69) is 31.1 Å². The van der Waals surface area contributed by atoms with Gasteiger partial charge >= 0.3 is 6.03 Å². The lowest BCUT2D eigenvalue weighted by atomic mass is 10.0. The molecule has 1 aliphatic rings. The van der Waals surface area contributed by atoms with Gasteiger partial charge in [-0.2, -0.15) is 9.90 Å². The van der Waals surface area contributed by atoms with Crippen LogP contribution in [0.3, 0.4) is 0 Å². The molecule has 29 heavy (non-hydrogen) atoms. The van der Waals surface area contributed by atoms with Crippen molar-refractivity contribution in [2.45, 2.75) is 5.54 Å². The summed E-state index contributed by atoms with van der Waals surface area (Å²) in [6.07, 6.45) is 2.67. The van der Waals surface area contributed by atoms with Crippen LogP contribution in [0.5, 0.6) is 0 Å². The maximum absolute atomic E-state index is 13.6. The maximum Gasteiger partial charge on any atom is 0.322 e. The van der Waals surface area contributed by atoms with Crippen molar-refractivity contribution in [3.8, 4) is 5.69 Å². The fraction of sp³-hybridized carbons (Fsp3) is 0.125. The number of nitrogens with one attached hydrogen (secondary N) is 3. The molecule has 1 atom stereocenters. The molecule has 10 nitrogen and oxygen atoms in total. The summed E-state index contributed by atoms with van der Waals surface area (Å²) in [7, 11) is 0. The van der Waals surface area contributed by atoms with Crippen molar-refractivity contribution in [2.75, 3.05) is 6.54 Å². The third-order valence-electron chi connectivity index (χ3n) is 4.11. The maximum atomic E-state index is 13.6. The summed E-state index contributed by atoms with van der Waals surface area (Å²) in [6.45, 7) is -0.251. The van der Waals surface area contributed by atoms with E-state index in [0.717, 1.165) is 22.2 Å². The summed E-state index contributed by atoms with van der Waals surface area (Å²) < 4.78 is 13.6. The van der Waals surface area contributed by atoms with E-state index < -0.39 is 29.2 Å². The molecule has 0 bridgehead atoms. The fourth-order valence-electron chi connectivity index (χ4n) is 2.68. The third kappa shape index (κ3) is 3.43. The van der Waals surface area contributed by atoms with E-state index in [1.165, 1.54) is 24.5 Å². The lowest BCUT2D eigenvalue weighted by molar-refractivity contribution is -0.124. The Morgan fingerprint density at radius 1 is 1.38 bits per heavy atom. The minimum Gasteiger partial charge on any atom is -0.347 e. The van der Waals surface area contributed by atoms with Crippen molar-refractivity contribution in [1.82, 2.24) is 35.9 Å². The number of carbonyl (C=O) groups excluding carboxylic acids is 3. The first kappa shape index (κ1) is 19.0. The molecule has 1 aromatic carbocycles. The lowest BCUT2D eigenvalue weighted by Crippen LogP contribution is -2.52. The van der Waals surface area contributed by atoms with Crippen molar-refractivity contribution in [2.24, 2.45) is 0 Å². The van der Waals surface area contributed by atoms with Crippen LogP contribution in [0.4, 0.5) is 9.18 Å². The van der Waals surface area contributed by atoms with Crippen LogP contribution in [0, 0.1) is 5.82 Å². The largest absolute Gasteiger partial charge is 0.347 e. The molecule has 0 spiro atoms. The zero-order valence-corrected chi connectivity index (χ0v) is 15.9. The average molecular weight is 436 g/mol. The normalized spacial score (nSPS) is 18.4. The summed E-state index contributed by atoms with van der Waals surface area (Å²) >= 11 is 6.81. The number of rotatable bonds is 5. The highest BCUT2D eigenvalue weighted by molar-refractivity contribution is 7.09. The number of nitrogens with zero attached hydrogens (tertiary/aromatic N) is 4. The minimum absolute atomic E-state index is 0.0526. The van der Waals surface area contributed by atoms with Gasteiger partial charge in [0.25, 0.3) is 11.8 Å². The Bertz CT molecular complexity index is 1120. The molecule has 1 aliphatic heterocycles. The highest BCUT2D eigenvalue weighted by Crippen LogP contribution is 2.26. The number of hydrogen-bond donors (Lipinski definition) is 3. The van der Waals surface area contributed by atoms with E-state index in [4.69, 9.17) is 11.6 Å². The molecule has 1 saturated heterocycles. The Kier molecular flexibility index (Phi) is 4.72. The molecule has 148 valence electrons. The zero-order valence-electron chi connectivity index (χ0n) is 14.3. The average Bonchev–Trinajstić information content (AvgIpc) is 3.43. The molecule has 2 aromatic heterocycles. The van der Waals surface area contributed by atoms with Gasteiger partial charge in [-0.15, -0.1) is 16.4 Å². The SMILES string of the molecule is O=C1NC(=O)C(CNC(=O)c2cnn(-c3ccc(Cl)c(F)c3)n2)(c2nccs2)N1. The number of urea groups is 1. The number of hydrogen-bond acceptors (Lipinski definition) is 7. The van der Waals surface area contributed by atoms with E-state index >= 15 is 0 Å². The summed E-state index contributed by atoms with van der Waals surface area (Å²) in [6, 6.07) is 3.27. The number of carbonyl (C=O) groups is 3. The van der Waals surface area contributed by atoms with Gasteiger partial charge in [-0.05, 0) is 12.1 Å². The molecule has 1 unspecified atom stereocenters. The van der Waals surface area contributed by atoms with Crippen molar-refractivity contribution in [1.29, 1.82) is 0 Å². The molecule has 0 aliphatic carbocycles. The first-order chi connectivity index (χ1) is 13.9. The topological polar surface area (TPSA) is 131 Å². The Morgan fingerprint density at radius 2 is 2.21 bits per heavy atom. The number of thiazole rings is 1. The summed E-state index contributed by atoms with van der Waals surface area (Å²) in [5, 5.41) is 17.0. The number of amides is 4. The third-order valence-corrected chi connectivity index (χ3v) is 5.35. The second-order valence-electron chi connectivity index (χ2n) is 5.95. The van der Waals surface area contributed by atoms with Crippen LogP contribution in [0.2, 0.25) is 5.02 Å². The van der Waals surface area contributed by atoms with Gasteiger partial charge in [-0.3, -0.25) is 14.9 Å². The van der Waals surface area contributed by atoms with E-state index in [0.29, 0.717) is 5.01 Å². The van der Waals surface area contributed by atoms with Gasteiger partial charge in [0, 0.05) is 17.6 Å². The predicted octanol–water partition coefficient (Wildman–Crippen LogP) is 0.981. The van der Waals surface area contributed by atoms with Gasteiger partial charge in [0.1, 0.15) is 10.8 Å². The van der Waals surface area contributed by atoms with Crippen molar-refractivity contribution < 1.29 is 18.8 Å². The fourth-order valence-corrected chi connectivity index (χ4v) is 3.59. The van der Waals surface area contributed by atoms with Gasteiger partial charge in [0.15, 0.2) is 11.2 Å². The molecular formula is C16H11ClFN7O3S. The molecule has 3 heterocycles. The van der Waals surface area contributed by atoms with Crippen LogP contribution in [-0.4, -0.2) is 44.4 Å². The Labute approximate surface area is 171 Å². The summed E-state index contributed by atoms with van der Waals surface area (Å²) in [5.41, 5.74) is -1.32. The molecular weight excluding hydrogens is 425 g/mol. The standard InChI is InChI=1S/C16H11ClFN7O3S/c17-9-2-1-8(5-10(9)18)25-21-6-11(24-25)12(26)20-7-16(14-19-3-4-29-14)13(27)22-15(28)23-16/h1-6H,7H2,(H,20,26)(H2,22,23,27,28). The second kappa shape index (κ2) is 7.22. The zero-order chi connectivity index (χ0) is 20.6. The van der Waals surface area contributed by atoms with Crippen LogP contribution in [0.1, 0.15) is 15.5 Å². The van der Waals surface area contributed by atoms with Gasteiger partial charge in [-0.1, -0.05) is 11.6 Å². The lowest BCUT2D eigenvalue weighted by Gasteiger charge is -2.23. The van der Waals surface area contributed by atoms with Gasteiger partial charge in [0.2, 0.25) is 0 Å². The monoisotopic (exact) mass is 435 g/mol. The molecule has 0 radical (unpaired) electrons. The molecule has 3 aromatic rings. The smallest absolute Gasteiger partial charge is 0.322 e. The molecule has 3 N–H and O–H groups in total. The van der Waals surface area contributed by atoms with E-state index in [9.17, 15) is 18.8 Å².